The Hall–Kier alpha value is -3.51. The Morgan fingerprint density at radius 2 is 1.84 bits per heavy atom. The van der Waals surface area contributed by atoms with E-state index in [4.69, 9.17) is 4.74 Å². The number of halogens is 3. The van der Waals surface area contributed by atoms with E-state index in [1.807, 2.05) is 18.3 Å². The lowest BCUT2D eigenvalue weighted by atomic mass is 10.0. The summed E-state index contributed by atoms with van der Waals surface area (Å²) in [6.07, 6.45) is 2.47. The van der Waals surface area contributed by atoms with E-state index in [0.717, 1.165) is 41.4 Å². The quantitative estimate of drug-likeness (QED) is 0.390. The molecular formula is C25H25F3N6O2S. The predicted octanol–water partition coefficient (Wildman–Crippen LogP) is 4.67. The van der Waals surface area contributed by atoms with Crippen molar-refractivity contribution < 1.29 is 22.7 Å². The highest BCUT2D eigenvalue weighted by Gasteiger charge is 2.42. The van der Waals surface area contributed by atoms with Crippen LogP contribution in [0.1, 0.15) is 23.5 Å². The van der Waals surface area contributed by atoms with Gasteiger partial charge in [0, 0.05) is 48.4 Å². The molecule has 5 rings (SSSR count). The first-order valence-electron chi connectivity index (χ1n) is 11.8. The zero-order chi connectivity index (χ0) is 26.2. The van der Waals surface area contributed by atoms with Gasteiger partial charge >= 0.3 is 6.18 Å². The molecule has 1 N–H and O–H groups in total. The van der Waals surface area contributed by atoms with Crippen LogP contribution in [-0.2, 0) is 4.74 Å². The molecule has 37 heavy (non-hydrogen) atoms. The third-order valence-corrected chi connectivity index (χ3v) is 7.14. The number of carbonyl (C=O) groups excluding carboxylic acids is 1. The molecule has 1 unspecified atom stereocenters. The fraction of sp³-hybridized carbons (Fsp3) is 0.360. The van der Waals surface area contributed by atoms with Gasteiger partial charge in [-0.05, 0) is 35.1 Å². The van der Waals surface area contributed by atoms with Gasteiger partial charge in [0.05, 0.1) is 24.3 Å². The second-order valence-corrected chi connectivity index (χ2v) is 10.0. The number of hydrogen-bond donors (Lipinski definition) is 1. The number of morpholine rings is 1. The summed E-state index contributed by atoms with van der Waals surface area (Å²) in [5.74, 6) is -0.645. The molecule has 1 saturated heterocycles. The number of ether oxygens (including phenoxy) is 1. The van der Waals surface area contributed by atoms with Crippen LogP contribution in [0.2, 0.25) is 0 Å². The summed E-state index contributed by atoms with van der Waals surface area (Å²) in [6.45, 7) is 5.84. The topological polar surface area (TPSA) is 84.7 Å². The van der Waals surface area contributed by atoms with Gasteiger partial charge in [-0.3, -0.25) is 4.79 Å². The third-order valence-electron chi connectivity index (χ3n) is 6.21. The van der Waals surface area contributed by atoms with E-state index in [0.29, 0.717) is 30.0 Å². The number of fused-ring (bicyclic) bond motifs is 1. The summed E-state index contributed by atoms with van der Waals surface area (Å²) >= 11 is 1.08. The molecule has 1 fully saturated rings. The van der Waals surface area contributed by atoms with E-state index < -0.39 is 24.0 Å². The second kappa shape index (κ2) is 10.1. The van der Waals surface area contributed by atoms with Crippen molar-refractivity contribution in [1.82, 2.24) is 24.9 Å². The van der Waals surface area contributed by atoms with Crippen molar-refractivity contribution in [2.24, 2.45) is 5.92 Å². The molecule has 1 amide bonds. The largest absolute Gasteiger partial charge is 0.408 e. The minimum absolute atomic E-state index is 0.187. The summed E-state index contributed by atoms with van der Waals surface area (Å²) in [5, 5.41) is 8.23. The van der Waals surface area contributed by atoms with Crippen LogP contribution in [-0.4, -0.2) is 64.0 Å². The molecule has 194 valence electrons. The van der Waals surface area contributed by atoms with E-state index in [1.165, 1.54) is 13.8 Å². The zero-order valence-electron chi connectivity index (χ0n) is 20.2. The van der Waals surface area contributed by atoms with Gasteiger partial charge in [0.15, 0.2) is 5.65 Å². The maximum Gasteiger partial charge on any atom is 0.408 e. The Morgan fingerprint density at radius 1 is 1.08 bits per heavy atom. The maximum atomic E-state index is 13.3. The zero-order valence-corrected chi connectivity index (χ0v) is 21.0. The van der Waals surface area contributed by atoms with E-state index in [9.17, 15) is 18.0 Å². The standard InChI is InChI=1S/C25H25F3N6O2S/c1-15(2)22(25(26,27)28)32-24(35)20-9-17(14-37-20)19-12-31-34-13-18(11-30-23(19)34)16-3-4-21(29-10-16)33-5-7-36-8-6-33/h3-4,9-15,22H,5-8H2,1-2H3,(H,32,35). The molecule has 5 heterocycles. The van der Waals surface area contributed by atoms with E-state index >= 15 is 0 Å². The molecule has 0 saturated carbocycles. The molecule has 4 aromatic rings. The number of carbonyl (C=O) groups is 1. The molecule has 1 aliphatic rings. The number of pyridine rings is 1. The van der Waals surface area contributed by atoms with Gasteiger partial charge in [-0.15, -0.1) is 11.3 Å². The molecule has 0 bridgehead atoms. The summed E-state index contributed by atoms with van der Waals surface area (Å²) in [5.41, 5.74) is 3.64. The Labute approximate surface area is 215 Å². The van der Waals surface area contributed by atoms with Crippen LogP contribution in [0.3, 0.4) is 0 Å². The average Bonchev–Trinajstić information content (AvgIpc) is 3.54. The lowest BCUT2D eigenvalue weighted by Gasteiger charge is -2.27. The number of rotatable bonds is 6. The smallest absolute Gasteiger partial charge is 0.378 e. The highest BCUT2D eigenvalue weighted by Crippen LogP contribution is 2.31. The van der Waals surface area contributed by atoms with Crippen molar-refractivity contribution in [3.63, 3.8) is 0 Å². The van der Waals surface area contributed by atoms with Gasteiger partial charge in [0.2, 0.25) is 0 Å². The Kier molecular flexibility index (Phi) is 6.86. The first kappa shape index (κ1) is 25.2. The summed E-state index contributed by atoms with van der Waals surface area (Å²) in [7, 11) is 0. The van der Waals surface area contributed by atoms with Gasteiger partial charge in [-0.25, -0.2) is 14.5 Å². The molecule has 12 heteroatoms. The van der Waals surface area contributed by atoms with Gasteiger partial charge < -0.3 is 15.0 Å². The van der Waals surface area contributed by atoms with E-state index in [1.54, 1.807) is 34.6 Å². The molecule has 4 aromatic heterocycles. The monoisotopic (exact) mass is 530 g/mol. The fourth-order valence-electron chi connectivity index (χ4n) is 4.20. The second-order valence-electron chi connectivity index (χ2n) is 9.11. The van der Waals surface area contributed by atoms with Crippen molar-refractivity contribution in [1.29, 1.82) is 0 Å². The third kappa shape index (κ3) is 5.30. The van der Waals surface area contributed by atoms with Crippen molar-refractivity contribution in [3.05, 3.63) is 53.2 Å². The highest BCUT2D eigenvalue weighted by molar-refractivity contribution is 7.12. The van der Waals surface area contributed by atoms with Crippen LogP contribution in [0, 0.1) is 5.92 Å². The molecule has 0 aliphatic carbocycles. The summed E-state index contributed by atoms with van der Waals surface area (Å²) in [6, 6.07) is 3.61. The number of amides is 1. The number of aromatic nitrogens is 4. The van der Waals surface area contributed by atoms with Crippen molar-refractivity contribution in [2.45, 2.75) is 26.1 Å². The number of anilines is 1. The Balaban J connectivity index is 1.34. The normalized spacial score (nSPS) is 15.4. The van der Waals surface area contributed by atoms with Gasteiger partial charge in [-0.1, -0.05) is 13.8 Å². The van der Waals surface area contributed by atoms with E-state index in [-0.39, 0.29) is 4.88 Å². The number of hydrogen-bond acceptors (Lipinski definition) is 7. The van der Waals surface area contributed by atoms with E-state index in [2.05, 4.69) is 25.3 Å². The van der Waals surface area contributed by atoms with Crippen molar-refractivity contribution in [3.8, 4) is 22.3 Å². The van der Waals surface area contributed by atoms with Crippen LogP contribution < -0.4 is 10.2 Å². The molecule has 1 atom stereocenters. The van der Waals surface area contributed by atoms with Crippen molar-refractivity contribution >= 4 is 28.7 Å². The molecule has 8 nitrogen and oxygen atoms in total. The number of alkyl halides is 3. The Morgan fingerprint density at radius 3 is 2.51 bits per heavy atom. The molecule has 0 aromatic carbocycles. The van der Waals surface area contributed by atoms with Crippen LogP contribution in [0.5, 0.6) is 0 Å². The minimum atomic E-state index is -4.52. The first-order chi connectivity index (χ1) is 17.7. The number of nitrogens with one attached hydrogen (secondary N) is 1. The molecule has 0 spiro atoms. The lowest BCUT2D eigenvalue weighted by Crippen LogP contribution is -2.48. The number of thiophene rings is 1. The van der Waals surface area contributed by atoms with Crippen LogP contribution >= 0.6 is 11.3 Å². The van der Waals surface area contributed by atoms with Gasteiger partial charge in [0.25, 0.3) is 5.91 Å². The van der Waals surface area contributed by atoms with Crippen LogP contribution in [0.4, 0.5) is 19.0 Å². The highest BCUT2D eigenvalue weighted by atomic mass is 32.1. The van der Waals surface area contributed by atoms with Crippen LogP contribution in [0.25, 0.3) is 27.9 Å². The lowest BCUT2D eigenvalue weighted by molar-refractivity contribution is -0.162. The first-order valence-corrected chi connectivity index (χ1v) is 12.7. The van der Waals surface area contributed by atoms with Crippen molar-refractivity contribution in [2.75, 3.05) is 31.2 Å². The molecular weight excluding hydrogens is 505 g/mol. The maximum absolute atomic E-state index is 13.3. The summed E-state index contributed by atoms with van der Waals surface area (Å²) < 4.78 is 46.8. The predicted molar refractivity (Wildman–Crippen MR) is 135 cm³/mol. The summed E-state index contributed by atoms with van der Waals surface area (Å²) in [4.78, 5) is 24.0. The molecule has 1 aliphatic heterocycles. The Bertz CT molecular complexity index is 1390. The molecule has 0 radical (unpaired) electrons. The average molecular weight is 531 g/mol. The minimum Gasteiger partial charge on any atom is -0.378 e. The SMILES string of the molecule is CC(C)C(NC(=O)c1cc(-c2cnn3cc(-c4ccc(N5CCOCC5)nc4)cnc23)cs1)C(F)(F)F. The van der Waals surface area contributed by atoms with Gasteiger partial charge in [-0.2, -0.15) is 18.3 Å². The number of nitrogens with zero attached hydrogens (tertiary/aromatic N) is 5. The van der Waals surface area contributed by atoms with Crippen LogP contribution in [0.15, 0.2) is 48.4 Å². The fourth-order valence-corrected chi connectivity index (χ4v) is 5.01. The van der Waals surface area contributed by atoms with Gasteiger partial charge in [0.1, 0.15) is 11.9 Å².